The average Bonchev–Trinajstić information content (AvgIpc) is 2.56. The van der Waals surface area contributed by atoms with E-state index in [0.29, 0.717) is 17.7 Å². The van der Waals surface area contributed by atoms with Gasteiger partial charge in [-0.1, -0.05) is 24.3 Å². The monoisotopic (exact) mass is 294 g/mol. The molecule has 1 atom stereocenters. The number of amides is 1. The fraction of sp³-hybridized carbons (Fsp3) is 0.222. The molecule has 0 aliphatic rings. The van der Waals surface area contributed by atoms with E-state index in [1.165, 1.54) is 0 Å². The number of carbonyl (C=O) groups is 1. The maximum atomic E-state index is 12.1. The zero-order chi connectivity index (χ0) is 15.9. The van der Waals surface area contributed by atoms with Crippen molar-refractivity contribution in [1.29, 1.82) is 5.26 Å². The summed E-state index contributed by atoms with van der Waals surface area (Å²) in [6.45, 7) is 2.41. The Morgan fingerprint density at radius 2 is 1.91 bits per heavy atom. The molecule has 0 aliphatic heterocycles. The summed E-state index contributed by atoms with van der Waals surface area (Å²) in [5.74, 6) is -0.180. The predicted molar refractivity (Wildman–Crippen MR) is 84.4 cm³/mol. The van der Waals surface area contributed by atoms with Crippen molar-refractivity contribution in [3.8, 4) is 6.07 Å². The standard InChI is InChI=1S/C18H18N2O2/c1-13-5-3-4-6-16(13)17(22-2)12-20-18(21)15-9-7-14(11-19)8-10-15/h3-10,17H,12H2,1-2H3,(H,20,21)/t17-/m0/s1. The summed E-state index contributed by atoms with van der Waals surface area (Å²) in [4.78, 5) is 12.1. The molecule has 0 radical (unpaired) electrons. The van der Waals surface area contributed by atoms with E-state index in [9.17, 15) is 4.79 Å². The first-order valence-electron chi connectivity index (χ1n) is 7.02. The second-order valence-corrected chi connectivity index (χ2v) is 4.98. The molecule has 2 rings (SSSR count). The molecule has 0 bridgehead atoms. The van der Waals surface area contributed by atoms with Crippen molar-refractivity contribution in [3.63, 3.8) is 0 Å². The number of hydrogen-bond acceptors (Lipinski definition) is 3. The topological polar surface area (TPSA) is 62.1 Å². The normalized spacial score (nSPS) is 11.5. The summed E-state index contributed by atoms with van der Waals surface area (Å²) in [5.41, 5.74) is 3.25. The highest BCUT2D eigenvalue weighted by Crippen LogP contribution is 2.19. The van der Waals surface area contributed by atoms with Gasteiger partial charge in [0.15, 0.2) is 0 Å². The van der Waals surface area contributed by atoms with Gasteiger partial charge in [0.1, 0.15) is 0 Å². The molecule has 112 valence electrons. The molecule has 4 nitrogen and oxygen atoms in total. The van der Waals surface area contributed by atoms with Crippen molar-refractivity contribution in [1.82, 2.24) is 5.32 Å². The molecule has 2 aromatic carbocycles. The summed E-state index contributed by atoms with van der Waals surface area (Å²) < 4.78 is 5.48. The van der Waals surface area contributed by atoms with Crippen molar-refractivity contribution >= 4 is 5.91 Å². The lowest BCUT2D eigenvalue weighted by Crippen LogP contribution is -2.29. The second kappa shape index (κ2) is 7.39. The zero-order valence-corrected chi connectivity index (χ0v) is 12.7. The number of methoxy groups -OCH3 is 1. The SMILES string of the molecule is CO[C@@H](CNC(=O)c1ccc(C#N)cc1)c1ccccc1C. The van der Waals surface area contributed by atoms with Crippen molar-refractivity contribution < 1.29 is 9.53 Å². The molecule has 0 saturated carbocycles. The van der Waals surface area contributed by atoms with Gasteiger partial charge in [-0.15, -0.1) is 0 Å². The number of nitrogens with zero attached hydrogens (tertiary/aromatic N) is 1. The number of hydrogen-bond donors (Lipinski definition) is 1. The van der Waals surface area contributed by atoms with Crippen LogP contribution in [0.5, 0.6) is 0 Å². The van der Waals surface area contributed by atoms with E-state index in [2.05, 4.69) is 5.32 Å². The molecule has 0 aliphatic carbocycles. The van der Waals surface area contributed by atoms with Gasteiger partial charge in [0.2, 0.25) is 0 Å². The Morgan fingerprint density at radius 3 is 2.50 bits per heavy atom. The van der Waals surface area contributed by atoms with Crippen LogP contribution >= 0.6 is 0 Å². The molecule has 4 heteroatoms. The van der Waals surface area contributed by atoms with Gasteiger partial charge in [-0.25, -0.2) is 0 Å². The quantitative estimate of drug-likeness (QED) is 0.922. The number of aryl methyl sites for hydroxylation is 1. The van der Waals surface area contributed by atoms with E-state index in [1.807, 2.05) is 37.3 Å². The van der Waals surface area contributed by atoms with Crippen LogP contribution in [0, 0.1) is 18.3 Å². The molecular weight excluding hydrogens is 276 g/mol. The third kappa shape index (κ3) is 3.72. The minimum atomic E-state index is -0.191. The molecule has 0 saturated heterocycles. The first kappa shape index (κ1) is 15.7. The van der Waals surface area contributed by atoms with Crippen molar-refractivity contribution in [2.75, 3.05) is 13.7 Å². The van der Waals surface area contributed by atoms with Gasteiger partial charge in [-0.05, 0) is 42.3 Å². The molecule has 0 fully saturated rings. The van der Waals surface area contributed by atoms with Gasteiger partial charge in [0.05, 0.1) is 17.7 Å². The highest BCUT2D eigenvalue weighted by molar-refractivity contribution is 5.94. The van der Waals surface area contributed by atoms with E-state index >= 15 is 0 Å². The van der Waals surface area contributed by atoms with Crippen LogP contribution in [-0.2, 0) is 4.74 Å². The van der Waals surface area contributed by atoms with E-state index in [1.54, 1.807) is 31.4 Å². The molecule has 2 aromatic rings. The largest absolute Gasteiger partial charge is 0.375 e. The third-order valence-corrected chi connectivity index (χ3v) is 3.54. The van der Waals surface area contributed by atoms with E-state index in [-0.39, 0.29) is 12.0 Å². The molecule has 0 heterocycles. The lowest BCUT2D eigenvalue weighted by Gasteiger charge is -2.18. The minimum Gasteiger partial charge on any atom is -0.375 e. The van der Waals surface area contributed by atoms with E-state index in [0.717, 1.165) is 11.1 Å². The van der Waals surface area contributed by atoms with Crippen LogP contribution in [0.15, 0.2) is 48.5 Å². The maximum absolute atomic E-state index is 12.1. The van der Waals surface area contributed by atoms with Crippen molar-refractivity contribution in [2.45, 2.75) is 13.0 Å². The fourth-order valence-electron chi connectivity index (χ4n) is 2.25. The van der Waals surface area contributed by atoms with Crippen LogP contribution in [0.1, 0.15) is 33.2 Å². The number of ether oxygens (including phenoxy) is 1. The third-order valence-electron chi connectivity index (χ3n) is 3.54. The Bertz CT molecular complexity index is 687. The number of nitriles is 1. The van der Waals surface area contributed by atoms with E-state index < -0.39 is 0 Å². The van der Waals surface area contributed by atoms with Gasteiger partial charge >= 0.3 is 0 Å². The average molecular weight is 294 g/mol. The van der Waals surface area contributed by atoms with Gasteiger partial charge in [-0.2, -0.15) is 5.26 Å². The summed E-state index contributed by atoms with van der Waals surface area (Å²) >= 11 is 0. The first-order chi connectivity index (χ1) is 10.7. The summed E-state index contributed by atoms with van der Waals surface area (Å²) in [6.07, 6.45) is -0.191. The summed E-state index contributed by atoms with van der Waals surface area (Å²) in [6, 6.07) is 16.5. The lowest BCUT2D eigenvalue weighted by atomic mass is 10.0. The highest BCUT2D eigenvalue weighted by atomic mass is 16.5. The minimum absolute atomic E-state index is 0.180. The van der Waals surface area contributed by atoms with Crippen LogP contribution in [0.4, 0.5) is 0 Å². The van der Waals surface area contributed by atoms with Gasteiger partial charge in [0, 0.05) is 19.2 Å². The number of nitrogens with one attached hydrogen (secondary N) is 1. The number of carbonyl (C=O) groups excluding carboxylic acids is 1. The second-order valence-electron chi connectivity index (χ2n) is 4.98. The van der Waals surface area contributed by atoms with Crippen LogP contribution in [-0.4, -0.2) is 19.6 Å². The van der Waals surface area contributed by atoms with E-state index in [4.69, 9.17) is 10.00 Å². The lowest BCUT2D eigenvalue weighted by molar-refractivity contribution is 0.0826. The fourth-order valence-corrected chi connectivity index (χ4v) is 2.25. The Labute approximate surface area is 130 Å². The molecule has 1 amide bonds. The Hall–Kier alpha value is -2.64. The molecule has 1 N–H and O–H groups in total. The van der Waals surface area contributed by atoms with Gasteiger partial charge < -0.3 is 10.1 Å². The van der Waals surface area contributed by atoms with Crippen LogP contribution < -0.4 is 5.32 Å². The first-order valence-corrected chi connectivity index (χ1v) is 7.02. The zero-order valence-electron chi connectivity index (χ0n) is 12.7. The Balaban J connectivity index is 2.02. The molecular formula is C18H18N2O2. The summed E-state index contributed by atoms with van der Waals surface area (Å²) in [5, 5.41) is 11.6. The molecule has 0 aromatic heterocycles. The summed E-state index contributed by atoms with van der Waals surface area (Å²) in [7, 11) is 1.63. The highest BCUT2D eigenvalue weighted by Gasteiger charge is 2.14. The number of rotatable bonds is 5. The smallest absolute Gasteiger partial charge is 0.251 e. The molecule has 0 spiro atoms. The molecule has 0 unspecified atom stereocenters. The van der Waals surface area contributed by atoms with Crippen LogP contribution in [0.3, 0.4) is 0 Å². The van der Waals surface area contributed by atoms with Crippen LogP contribution in [0.2, 0.25) is 0 Å². The maximum Gasteiger partial charge on any atom is 0.251 e. The number of benzene rings is 2. The van der Waals surface area contributed by atoms with Crippen molar-refractivity contribution in [2.24, 2.45) is 0 Å². The van der Waals surface area contributed by atoms with Gasteiger partial charge in [-0.3, -0.25) is 4.79 Å². The molecule has 22 heavy (non-hydrogen) atoms. The Kier molecular flexibility index (Phi) is 5.29. The van der Waals surface area contributed by atoms with Crippen molar-refractivity contribution in [3.05, 3.63) is 70.8 Å². The van der Waals surface area contributed by atoms with Crippen LogP contribution in [0.25, 0.3) is 0 Å². The predicted octanol–water partition coefficient (Wildman–Crippen LogP) is 2.98. The Morgan fingerprint density at radius 1 is 1.23 bits per heavy atom. The van der Waals surface area contributed by atoms with Gasteiger partial charge in [0.25, 0.3) is 5.91 Å².